The van der Waals surface area contributed by atoms with Gasteiger partial charge in [-0.15, -0.1) is 23.4 Å². The van der Waals surface area contributed by atoms with Crippen LogP contribution >= 0.6 is 23.4 Å². The Morgan fingerprint density at radius 3 is 2.61 bits per heavy atom. The standard InChI is InChI=1S/C9H11ClN2O4S2/c10-4-1-5-17-9-3-2-7(18(11,15)16)6-8(9)12(13)14/h2-3,6H,1,4-5H2,(H2,11,15,16). The molecule has 100 valence electrons. The molecule has 6 nitrogen and oxygen atoms in total. The Balaban J connectivity index is 3.09. The van der Waals surface area contributed by atoms with Gasteiger partial charge >= 0.3 is 0 Å². The predicted molar refractivity (Wildman–Crippen MR) is 70.5 cm³/mol. The van der Waals surface area contributed by atoms with Crippen molar-refractivity contribution in [1.29, 1.82) is 0 Å². The first kappa shape index (κ1) is 15.2. The van der Waals surface area contributed by atoms with E-state index in [0.29, 0.717) is 22.9 Å². The first-order chi connectivity index (χ1) is 8.36. The topological polar surface area (TPSA) is 103 Å². The molecule has 0 aliphatic rings. The van der Waals surface area contributed by atoms with Crippen molar-refractivity contribution in [3.63, 3.8) is 0 Å². The molecule has 0 saturated carbocycles. The average Bonchev–Trinajstić information content (AvgIpc) is 2.28. The maximum absolute atomic E-state index is 11.1. The van der Waals surface area contributed by atoms with Crippen LogP contribution in [0.4, 0.5) is 5.69 Å². The van der Waals surface area contributed by atoms with Crippen LogP contribution in [0.15, 0.2) is 28.0 Å². The van der Waals surface area contributed by atoms with Gasteiger partial charge in [0.1, 0.15) is 0 Å². The molecular formula is C9H11ClN2O4S2. The third kappa shape index (κ3) is 4.13. The minimum absolute atomic E-state index is 0.263. The van der Waals surface area contributed by atoms with E-state index in [9.17, 15) is 18.5 Å². The van der Waals surface area contributed by atoms with Crippen molar-refractivity contribution in [2.45, 2.75) is 16.2 Å². The molecule has 0 amide bonds. The van der Waals surface area contributed by atoms with Crippen molar-refractivity contribution in [2.75, 3.05) is 11.6 Å². The van der Waals surface area contributed by atoms with Crippen LogP contribution in [0.1, 0.15) is 6.42 Å². The summed E-state index contributed by atoms with van der Waals surface area (Å²) >= 11 is 6.77. The van der Waals surface area contributed by atoms with Gasteiger partial charge in [-0.1, -0.05) is 0 Å². The number of alkyl halides is 1. The Labute approximate surface area is 114 Å². The number of hydrogen-bond acceptors (Lipinski definition) is 5. The van der Waals surface area contributed by atoms with Gasteiger partial charge in [-0.25, -0.2) is 13.6 Å². The molecule has 1 aromatic carbocycles. The maximum Gasteiger partial charge on any atom is 0.284 e. The summed E-state index contributed by atoms with van der Waals surface area (Å²) in [7, 11) is -3.94. The highest BCUT2D eigenvalue weighted by Crippen LogP contribution is 2.31. The van der Waals surface area contributed by atoms with E-state index in [0.717, 1.165) is 6.07 Å². The van der Waals surface area contributed by atoms with E-state index in [1.807, 2.05) is 0 Å². The highest BCUT2D eigenvalue weighted by atomic mass is 35.5. The zero-order chi connectivity index (χ0) is 13.8. The van der Waals surface area contributed by atoms with Crippen LogP contribution in [0.2, 0.25) is 0 Å². The van der Waals surface area contributed by atoms with E-state index in [-0.39, 0.29) is 10.6 Å². The van der Waals surface area contributed by atoms with E-state index in [2.05, 4.69) is 0 Å². The number of thioether (sulfide) groups is 1. The molecule has 1 rings (SSSR count). The zero-order valence-corrected chi connectivity index (χ0v) is 11.6. The third-order valence-corrected chi connectivity index (χ3v) is 4.32. The van der Waals surface area contributed by atoms with Crippen LogP contribution in [0.3, 0.4) is 0 Å². The number of nitrogens with two attached hydrogens (primary N) is 1. The summed E-state index contributed by atoms with van der Waals surface area (Å²) in [5, 5.41) is 15.8. The smallest absolute Gasteiger partial charge is 0.258 e. The number of benzene rings is 1. The Bertz CT molecular complexity index is 547. The normalized spacial score (nSPS) is 11.4. The van der Waals surface area contributed by atoms with Crippen molar-refractivity contribution in [3.05, 3.63) is 28.3 Å². The van der Waals surface area contributed by atoms with Gasteiger partial charge in [0.2, 0.25) is 10.0 Å². The Morgan fingerprint density at radius 2 is 2.11 bits per heavy atom. The summed E-state index contributed by atoms with van der Waals surface area (Å²) < 4.78 is 22.2. The lowest BCUT2D eigenvalue weighted by atomic mass is 10.3. The quantitative estimate of drug-likeness (QED) is 0.284. The highest BCUT2D eigenvalue weighted by Gasteiger charge is 2.18. The molecule has 0 aliphatic carbocycles. The molecule has 18 heavy (non-hydrogen) atoms. The summed E-state index contributed by atoms with van der Waals surface area (Å²) in [6.07, 6.45) is 0.709. The second-order valence-electron chi connectivity index (χ2n) is 3.32. The van der Waals surface area contributed by atoms with Crippen LogP contribution in [0, 0.1) is 10.1 Å². The fourth-order valence-electron chi connectivity index (χ4n) is 1.18. The van der Waals surface area contributed by atoms with Gasteiger partial charge in [0.15, 0.2) is 0 Å². The summed E-state index contributed by atoms with van der Waals surface area (Å²) in [6.45, 7) is 0. The van der Waals surface area contributed by atoms with Crippen LogP contribution in [0.5, 0.6) is 0 Å². The van der Waals surface area contributed by atoms with Gasteiger partial charge < -0.3 is 0 Å². The monoisotopic (exact) mass is 310 g/mol. The van der Waals surface area contributed by atoms with E-state index in [1.54, 1.807) is 0 Å². The molecular weight excluding hydrogens is 300 g/mol. The molecule has 0 spiro atoms. The van der Waals surface area contributed by atoms with Gasteiger partial charge in [-0.05, 0) is 24.3 Å². The van der Waals surface area contributed by atoms with Crippen molar-refractivity contribution in [1.82, 2.24) is 0 Å². The summed E-state index contributed by atoms with van der Waals surface area (Å²) in [6, 6.07) is 3.61. The summed E-state index contributed by atoms with van der Waals surface area (Å²) in [4.78, 5) is 10.4. The van der Waals surface area contributed by atoms with E-state index in [1.165, 1.54) is 23.9 Å². The first-order valence-electron chi connectivity index (χ1n) is 4.86. The lowest BCUT2D eigenvalue weighted by Gasteiger charge is -2.04. The molecule has 2 N–H and O–H groups in total. The molecule has 0 saturated heterocycles. The second kappa shape index (κ2) is 6.37. The van der Waals surface area contributed by atoms with Crippen molar-refractivity contribution in [2.24, 2.45) is 5.14 Å². The van der Waals surface area contributed by atoms with Crippen LogP contribution in [-0.2, 0) is 10.0 Å². The van der Waals surface area contributed by atoms with Crippen molar-refractivity contribution >= 4 is 39.1 Å². The van der Waals surface area contributed by atoms with Gasteiger partial charge in [0.25, 0.3) is 5.69 Å². The highest BCUT2D eigenvalue weighted by molar-refractivity contribution is 7.99. The number of nitrogens with zero attached hydrogens (tertiary/aromatic N) is 1. The molecule has 0 fully saturated rings. The van der Waals surface area contributed by atoms with Crippen molar-refractivity contribution < 1.29 is 13.3 Å². The zero-order valence-electron chi connectivity index (χ0n) is 9.21. The average molecular weight is 311 g/mol. The van der Waals surface area contributed by atoms with Crippen molar-refractivity contribution in [3.8, 4) is 0 Å². The van der Waals surface area contributed by atoms with Gasteiger partial charge in [-0.2, -0.15) is 0 Å². The molecule has 0 atom stereocenters. The molecule has 0 heterocycles. The third-order valence-electron chi connectivity index (χ3n) is 1.99. The predicted octanol–water partition coefficient (Wildman–Crippen LogP) is 1.96. The maximum atomic E-state index is 11.1. The second-order valence-corrected chi connectivity index (χ2v) is 6.40. The largest absolute Gasteiger partial charge is 0.284 e. The molecule has 0 aromatic heterocycles. The van der Waals surface area contributed by atoms with Gasteiger partial charge in [0.05, 0.1) is 14.7 Å². The number of nitro groups is 1. The van der Waals surface area contributed by atoms with Crippen LogP contribution in [0.25, 0.3) is 0 Å². The number of halogens is 1. The lowest BCUT2D eigenvalue weighted by Crippen LogP contribution is -2.12. The molecule has 0 aliphatic heterocycles. The number of primary sulfonamides is 1. The molecule has 9 heteroatoms. The summed E-state index contributed by atoms with van der Waals surface area (Å²) in [5.41, 5.74) is -0.263. The van der Waals surface area contributed by atoms with Gasteiger partial charge in [-0.3, -0.25) is 10.1 Å². The van der Waals surface area contributed by atoms with E-state index < -0.39 is 14.9 Å². The minimum atomic E-state index is -3.94. The number of hydrogen-bond donors (Lipinski definition) is 1. The molecule has 1 aromatic rings. The Hall–Kier alpha value is -0.830. The summed E-state index contributed by atoms with van der Waals surface area (Å²) in [5.74, 6) is 1.09. The fraction of sp³-hybridized carbons (Fsp3) is 0.333. The minimum Gasteiger partial charge on any atom is -0.258 e. The van der Waals surface area contributed by atoms with Crippen LogP contribution in [-0.4, -0.2) is 25.0 Å². The van der Waals surface area contributed by atoms with Crippen LogP contribution < -0.4 is 5.14 Å². The Morgan fingerprint density at radius 1 is 1.44 bits per heavy atom. The number of nitro benzene ring substituents is 1. The number of sulfonamides is 1. The van der Waals surface area contributed by atoms with E-state index in [4.69, 9.17) is 16.7 Å². The lowest BCUT2D eigenvalue weighted by molar-refractivity contribution is -0.388. The molecule has 0 unspecified atom stereocenters. The molecule has 0 radical (unpaired) electrons. The van der Waals surface area contributed by atoms with Gasteiger partial charge in [0, 0.05) is 11.9 Å². The Kier molecular flexibility index (Phi) is 5.39. The fourth-order valence-corrected chi connectivity index (χ4v) is 2.96. The first-order valence-corrected chi connectivity index (χ1v) is 7.93. The van der Waals surface area contributed by atoms with E-state index >= 15 is 0 Å². The SMILES string of the molecule is NS(=O)(=O)c1ccc(SCCCCl)c([N+](=O)[O-])c1. The molecule has 0 bridgehead atoms. The number of rotatable bonds is 6.